The van der Waals surface area contributed by atoms with E-state index in [0.29, 0.717) is 13.0 Å². The van der Waals surface area contributed by atoms with Gasteiger partial charge in [0.2, 0.25) is 0 Å². The number of hydrogen-bond donors (Lipinski definition) is 0. The van der Waals surface area contributed by atoms with Gasteiger partial charge in [0.05, 0.1) is 0 Å². The molecule has 1 unspecified atom stereocenters. The maximum absolute atomic E-state index is 12.1. The number of carbonyl (C=O) groups excluding carboxylic acids is 1. The fourth-order valence-corrected chi connectivity index (χ4v) is 2.06. The van der Waals surface area contributed by atoms with E-state index in [1.54, 1.807) is 0 Å². The fraction of sp³-hybridized carbons (Fsp3) is 0.533. The molecule has 2 heteroatoms. The summed E-state index contributed by atoms with van der Waals surface area (Å²) in [5.41, 5.74) is 3.52. The highest BCUT2D eigenvalue weighted by molar-refractivity contribution is 5.85. The van der Waals surface area contributed by atoms with E-state index in [2.05, 4.69) is 26.0 Å². The van der Waals surface area contributed by atoms with Crippen molar-refractivity contribution in [3.8, 4) is 0 Å². The van der Waals surface area contributed by atoms with Crippen molar-refractivity contribution in [2.45, 2.75) is 46.6 Å². The van der Waals surface area contributed by atoms with Crippen molar-refractivity contribution >= 4 is 5.78 Å². The van der Waals surface area contributed by atoms with Gasteiger partial charge in [0.1, 0.15) is 6.10 Å². The van der Waals surface area contributed by atoms with Gasteiger partial charge in [-0.05, 0) is 43.9 Å². The minimum absolute atomic E-state index is 0.187. The lowest BCUT2D eigenvalue weighted by molar-refractivity contribution is -0.129. The van der Waals surface area contributed by atoms with E-state index in [0.717, 1.165) is 12.0 Å². The second-order valence-electron chi connectivity index (χ2n) is 4.37. The molecule has 0 amide bonds. The normalized spacial score (nSPS) is 12.5. The van der Waals surface area contributed by atoms with Gasteiger partial charge in [0.25, 0.3) is 0 Å². The van der Waals surface area contributed by atoms with Gasteiger partial charge in [-0.2, -0.15) is 0 Å². The lowest BCUT2D eigenvalue weighted by Crippen LogP contribution is -2.25. The lowest BCUT2D eigenvalue weighted by atomic mass is 9.96. The summed E-state index contributed by atoms with van der Waals surface area (Å²) in [7, 11) is 0. The largest absolute Gasteiger partial charge is 0.371 e. The van der Waals surface area contributed by atoms with E-state index in [1.807, 2.05) is 19.9 Å². The van der Waals surface area contributed by atoms with Gasteiger partial charge in [0, 0.05) is 13.0 Å². The van der Waals surface area contributed by atoms with Crippen LogP contribution in [-0.4, -0.2) is 18.5 Å². The van der Waals surface area contributed by atoms with Crippen LogP contribution in [0.1, 0.15) is 37.0 Å². The van der Waals surface area contributed by atoms with Gasteiger partial charge in [-0.15, -0.1) is 0 Å². The van der Waals surface area contributed by atoms with Crippen LogP contribution in [0.5, 0.6) is 0 Å². The Morgan fingerprint density at radius 1 is 1.24 bits per heavy atom. The third-order valence-electron chi connectivity index (χ3n) is 3.09. The predicted molar refractivity (Wildman–Crippen MR) is 70.3 cm³/mol. The molecule has 94 valence electrons. The van der Waals surface area contributed by atoms with Crippen LogP contribution in [0.2, 0.25) is 0 Å². The molecule has 0 heterocycles. The molecule has 0 saturated heterocycles. The van der Waals surface area contributed by atoms with Gasteiger partial charge in [-0.25, -0.2) is 0 Å². The fourth-order valence-electron chi connectivity index (χ4n) is 2.06. The second kappa shape index (κ2) is 6.55. The Morgan fingerprint density at radius 2 is 1.82 bits per heavy atom. The van der Waals surface area contributed by atoms with Crippen molar-refractivity contribution in [3.63, 3.8) is 0 Å². The molecular formula is C15H22O2. The number of ether oxygens (including phenoxy) is 1. The minimum Gasteiger partial charge on any atom is -0.371 e. The second-order valence-corrected chi connectivity index (χ2v) is 4.37. The van der Waals surface area contributed by atoms with Crippen LogP contribution < -0.4 is 0 Å². The van der Waals surface area contributed by atoms with Crippen LogP contribution in [-0.2, 0) is 16.0 Å². The predicted octanol–water partition coefficient (Wildman–Crippen LogP) is 3.23. The molecular weight excluding hydrogens is 212 g/mol. The highest BCUT2D eigenvalue weighted by atomic mass is 16.5. The van der Waals surface area contributed by atoms with Gasteiger partial charge >= 0.3 is 0 Å². The molecule has 0 aromatic heterocycles. The van der Waals surface area contributed by atoms with Crippen molar-refractivity contribution in [1.82, 2.24) is 0 Å². The molecule has 0 spiro atoms. The first-order valence-electron chi connectivity index (χ1n) is 6.29. The van der Waals surface area contributed by atoms with Gasteiger partial charge < -0.3 is 4.74 Å². The van der Waals surface area contributed by atoms with Crippen LogP contribution in [0, 0.1) is 13.8 Å². The van der Waals surface area contributed by atoms with E-state index in [9.17, 15) is 4.79 Å². The third-order valence-corrected chi connectivity index (χ3v) is 3.09. The first kappa shape index (κ1) is 13.9. The van der Waals surface area contributed by atoms with Gasteiger partial charge in [-0.3, -0.25) is 4.79 Å². The Kier molecular flexibility index (Phi) is 5.36. The summed E-state index contributed by atoms with van der Waals surface area (Å²) in [5, 5.41) is 0. The summed E-state index contributed by atoms with van der Waals surface area (Å²) in [6.07, 6.45) is 0.980. The van der Waals surface area contributed by atoms with E-state index in [1.165, 1.54) is 11.1 Å². The lowest BCUT2D eigenvalue weighted by Gasteiger charge is -2.15. The summed E-state index contributed by atoms with van der Waals surface area (Å²) in [6, 6.07) is 6.13. The number of ketones is 1. The maximum Gasteiger partial charge on any atom is 0.165 e. The molecule has 0 saturated carbocycles. The number of Topliss-reactive ketones (excluding diaryl/α,β-unsaturated/α-hetero) is 1. The highest BCUT2D eigenvalue weighted by Crippen LogP contribution is 2.16. The number of carbonyl (C=O) groups is 1. The van der Waals surface area contributed by atoms with Crippen molar-refractivity contribution in [2.24, 2.45) is 0 Å². The van der Waals surface area contributed by atoms with E-state index in [4.69, 9.17) is 4.74 Å². The summed E-state index contributed by atoms with van der Waals surface area (Å²) in [5.74, 6) is 0.187. The molecule has 0 radical (unpaired) electrons. The Hall–Kier alpha value is -1.15. The molecule has 0 aliphatic carbocycles. The Bertz CT molecular complexity index is 362. The highest BCUT2D eigenvalue weighted by Gasteiger charge is 2.18. The number of benzene rings is 1. The summed E-state index contributed by atoms with van der Waals surface area (Å²) < 4.78 is 5.46. The molecule has 0 N–H and O–H groups in total. The summed E-state index contributed by atoms with van der Waals surface area (Å²) in [4.78, 5) is 12.1. The molecule has 1 rings (SSSR count). The van der Waals surface area contributed by atoms with Crippen LogP contribution >= 0.6 is 0 Å². The average molecular weight is 234 g/mol. The Morgan fingerprint density at radius 3 is 2.29 bits per heavy atom. The molecule has 17 heavy (non-hydrogen) atoms. The van der Waals surface area contributed by atoms with E-state index in [-0.39, 0.29) is 11.9 Å². The van der Waals surface area contributed by atoms with E-state index >= 15 is 0 Å². The van der Waals surface area contributed by atoms with Crippen LogP contribution in [0.4, 0.5) is 0 Å². The summed E-state index contributed by atoms with van der Waals surface area (Å²) >= 11 is 0. The average Bonchev–Trinajstić information content (AvgIpc) is 2.30. The zero-order valence-electron chi connectivity index (χ0n) is 11.2. The number of rotatable bonds is 6. The van der Waals surface area contributed by atoms with Gasteiger partial charge in [0.15, 0.2) is 5.78 Å². The Balaban J connectivity index is 2.80. The van der Waals surface area contributed by atoms with Crippen molar-refractivity contribution < 1.29 is 9.53 Å². The molecule has 1 atom stereocenters. The molecule has 0 fully saturated rings. The van der Waals surface area contributed by atoms with Crippen LogP contribution in [0.3, 0.4) is 0 Å². The van der Waals surface area contributed by atoms with E-state index < -0.39 is 0 Å². The maximum atomic E-state index is 12.1. The van der Waals surface area contributed by atoms with Crippen molar-refractivity contribution in [2.75, 3.05) is 6.61 Å². The standard InChI is InChI=1S/C15H22O2/c1-5-15(17-6-2)14(16)10-13-11(3)8-7-9-12(13)4/h7-9,15H,5-6,10H2,1-4H3. The first-order valence-corrected chi connectivity index (χ1v) is 6.29. The minimum atomic E-state index is -0.251. The van der Waals surface area contributed by atoms with Gasteiger partial charge in [-0.1, -0.05) is 25.1 Å². The molecule has 1 aromatic rings. The Labute approximate surface area is 104 Å². The molecule has 0 aliphatic heterocycles. The molecule has 0 aliphatic rings. The SMILES string of the molecule is CCOC(CC)C(=O)Cc1c(C)cccc1C. The quantitative estimate of drug-likeness (QED) is 0.755. The van der Waals surface area contributed by atoms with Crippen molar-refractivity contribution in [3.05, 3.63) is 34.9 Å². The molecule has 1 aromatic carbocycles. The van der Waals surface area contributed by atoms with Crippen molar-refractivity contribution in [1.29, 1.82) is 0 Å². The zero-order chi connectivity index (χ0) is 12.8. The first-order chi connectivity index (χ1) is 8.10. The number of hydrogen-bond acceptors (Lipinski definition) is 2. The van der Waals surface area contributed by atoms with Crippen LogP contribution in [0.25, 0.3) is 0 Å². The smallest absolute Gasteiger partial charge is 0.165 e. The number of aryl methyl sites for hydroxylation is 2. The monoisotopic (exact) mass is 234 g/mol. The molecule has 2 nitrogen and oxygen atoms in total. The zero-order valence-corrected chi connectivity index (χ0v) is 11.2. The molecule has 0 bridgehead atoms. The third kappa shape index (κ3) is 3.67. The summed E-state index contributed by atoms with van der Waals surface area (Å²) in [6.45, 7) is 8.61. The topological polar surface area (TPSA) is 26.3 Å². The van der Waals surface area contributed by atoms with Crippen LogP contribution in [0.15, 0.2) is 18.2 Å².